The van der Waals surface area contributed by atoms with Gasteiger partial charge in [0.1, 0.15) is 5.82 Å². The molecule has 1 aromatic carbocycles. The molecule has 3 rings (SSSR count). The largest absolute Gasteiger partial charge is 0.462 e. The predicted octanol–water partition coefficient (Wildman–Crippen LogP) is 2.45. The summed E-state index contributed by atoms with van der Waals surface area (Å²) >= 11 is 0. The van der Waals surface area contributed by atoms with Crippen molar-refractivity contribution in [2.75, 3.05) is 56.6 Å². The summed E-state index contributed by atoms with van der Waals surface area (Å²) in [5.41, 5.74) is 1.96. The van der Waals surface area contributed by atoms with Crippen molar-refractivity contribution in [2.24, 2.45) is 0 Å². The SMILES string of the molecule is CCOC(=O)c1ccccc1Nc1cc(C)nc(NCCN2CCOCC2)n1. The Bertz CT molecular complexity index is 793. The number of nitrogens with one attached hydrogen (secondary N) is 2. The quantitative estimate of drug-likeness (QED) is 0.670. The number of rotatable bonds is 8. The number of benzene rings is 1. The third kappa shape index (κ3) is 5.64. The van der Waals surface area contributed by atoms with Crippen molar-refractivity contribution in [3.8, 4) is 0 Å². The number of hydrogen-bond donors (Lipinski definition) is 2. The number of anilines is 3. The van der Waals surface area contributed by atoms with Crippen molar-refractivity contribution in [3.05, 3.63) is 41.6 Å². The second-order valence-corrected chi connectivity index (χ2v) is 6.49. The number of esters is 1. The van der Waals surface area contributed by atoms with Crippen LogP contribution in [0.1, 0.15) is 23.0 Å². The van der Waals surface area contributed by atoms with Crippen molar-refractivity contribution in [2.45, 2.75) is 13.8 Å². The number of morpholine rings is 1. The van der Waals surface area contributed by atoms with Crippen molar-refractivity contribution < 1.29 is 14.3 Å². The first kappa shape index (κ1) is 20.0. The minimum absolute atomic E-state index is 0.330. The van der Waals surface area contributed by atoms with Crippen LogP contribution in [0.3, 0.4) is 0 Å². The average molecular weight is 385 g/mol. The smallest absolute Gasteiger partial charge is 0.340 e. The van der Waals surface area contributed by atoms with Gasteiger partial charge >= 0.3 is 5.97 Å². The van der Waals surface area contributed by atoms with E-state index in [2.05, 4.69) is 25.5 Å². The zero-order chi connectivity index (χ0) is 19.8. The van der Waals surface area contributed by atoms with Crippen molar-refractivity contribution in [1.29, 1.82) is 0 Å². The van der Waals surface area contributed by atoms with E-state index in [4.69, 9.17) is 9.47 Å². The molecule has 0 atom stereocenters. The van der Waals surface area contributed by atoms with E-state index in [1.54, 1.807) is 19.1 Å². The maximum Gasteiger partial charge on any atom is 0.340 e. The van der Waals surface area contributed by atoms with Gasteiger partial charge in [0, 0.05) is 37.9 Å². The molecule has 1 saturated heterocycles. The second-order valence-electron chi connectivity index (χ2n) is 6.49. The van der Waals surface area contributed by atoms with Gasteiger partial charge in [-0.25, -0.2) is 9.78 Å². The van der Waals surface area contributed by atoms with Crippen LogP contribution in [0.2, 0.25) is 0 Å². The molecule has 0 unspecified atom stereocenters. The number of para-hydroxylation sites is 1. The van der Waals surface area contributed by atoms with Crippen LogP contribution in [0, 0.1) is 6.92 Å². The fourth-order valence-corrected chi connectivity index (χ4v) is 2.98. The number of ether oxygens (including phenoxy) is 2. The normalized spacial score (nSPS) is 14.5. The molecule has 1 aliphatic heterocycles. The molecular weight excluding hydrogens is 358 g/mol. The zero-order valence-corrected chi connectivity index (χ0v) is 16.4. The molecule has 8 heteroatoms. The average Bonchev–Trinajstić information content (AvgIpc) is 2.69. The lowest BCUT2D eigenvalue weighted by molar-refractivity contribution is 0.0398. The highest BCUT2D eigenvalue weighted by atomic mass is 16.5. The van der Waals surface area contributed by atoms with Gasteiger partial charge in [-0.3, -0.25) is 4.90 Å². The van der Waals surface area contributed by atoms with Crippen LogP contribution in [0.15, 0.2) is 30.3 Å². The molecule has 28 heavy (non-hydrogen) atoms. The number of aryl methyl sites for hydroxylation is 1. The Hall–Kier alpha value is -2.71. The standard InChI is InChI=1S/C20H27N5O3/c1-3-28-19(26)16-6-4-5-7-17(16)23-18-14-15(2)22-20(24-18)21-8-9-25-10-12-27-13-11-25/h4-7,14H,3,8-13H2,1-2H3,(H2,21,22,23,24). The van der Waals surface area contributed by atoms with Crippen LogP contribution >= 0.6 is 0 Å². The molecule has 0 spiro atoms. The van der Waals surface area contributed by atoms with E-state index in [1.807, 2.05) is 25.1 Å². The van der Waals surface area contributed by atoms with Crippen LogP contribution in [0.4, 0.5) is 17.5 Å². The predicted molar refractivity (Wildman–Crippen MR) is 108 cm³/mol. The maximum absolute atomic E-state index is 12.2. The van der Waals surface area contributed by atoms with Crippen molar-refractivity contribution in [3.63, 3.8) is 0 Å². The van der Waals surface area contributed by atoms with Crippen LogP contribution in [0.25, 0.3) is 0 Å². The highest BCUT2D eigenvalue weighted by Crippen LogP contribution is 2.21. The lowest BCUT2D eigenvalue weighted by atomic mass is 10.2. The molecule has 1 fully saturated rings. The molecule has 2 N–H and O–H groups in total. The molecule has 0 saturated carbocycles. The molecule has 150 valence electrons. The Morgan fingerprint density at radius 1 is 1.25 bits per heavy atom. The van der Waals surface area contributed by atoms with Crippen molar-refractivity contribution >= 4 is 23.4 Å². The first-order valence-corrected chi connectivity index (χ1v) is 9.58. The number of hydrogen-bond acceptors (Lipinski definition) is 8. The van der Waals surface area contributed by atoms with Crippen LogP contribution in [0.5, 0.6) is 0 Å². The van der Waals surface area contributed by atoms with Crippen LogP contribution in [-0.4, -0.2) is 66.8 Å². The summed E-state index contributed by atoms with van der Waals surface area (Å²) in [7, 11) is 0. The van der Waals surface area contributed by atoms with Gasteiger partial charge in [0.05, 0.1) is 31.1 Å². The summed E-state index contributed by atoms with van der Waals surface area (Å²) in [5.74, 6) is 0.822. The summed E-state index contributed by atoms with van der Waals surface area (Å²) in [4.78, 5) is 23.5. The van der Waals surface area contributed by atoms with E-state index >= 15 is 0 Å². The molecule has 0 bridgehead atoms. The number of carbonyl (C=O) groups excluding carboxylic acids is 1. The third-order valence-electron chi connectivity index (χ3n) is 4.35. The summed E-state index contributed by atoms with van der Waals surface area (Å²) in [6, 6.07) is 9.07. The van der Waals surface area contributed by atoms with Crippen LogP contribution < -0.4 is 10.6 Å². The lowest BCUT2D eigenvalue weighted by Crippen LogP contribution is -2.39. The molecule has 1 aliphatic rings. The summed E-state index contributed by atoms with van der Waals surface area (Å²) < 4.78 is 10.5. The molecule has 0 amide bonds. The second kappa shape index (κ2) is 10.0. The van der Waals surface area contributed by atoms with Gasteiger partial charge in [0.2, 0.25) is 5.95 Å². The summed E-state index contributed by atoms with van der Waals surface area (Å²) in [5, 5.41) is 6.49. The van der Waals surface area contributed by atoms with Crippen molar-refractivity contribution in [1.82, 2.24) is 14.9 Å². The Kier molecular flexibility index (Phi) is 7.16. The molecule has 0 aliphatic carbocycles. The van der Waals surface area contributed by atoms with E-state index in [-0.39, 0.29) is 5.97 Å². The van der Waals surface area contributed by atoms with Gasteiger partial charge in [-0.1, -0.05) is 12.1 Å². The van der Waals surface area contributed by atoms with E-state index in [9.17, 15) is 4.79 Å². The highest BCUT2D eigenvalue weighted by Gasteiger charge is 2.13. The number of aromatic nitrogens is 2. The van der Waals surface area contributed by atoms with E-state index < -0.39 is 0 Å². The maximum atomic E-state index is 12.2. The Morgan fingerprint density at radius 3 is 2.82 bits per heavy atom. The Morgan fingerprint density at radius 2 is 2.04 bits per heavy atom. The number of carbonyl (C=O) groups is 1. The first-order chi connectivity index (χ1) is 13.7. The molecule has 1 aromatic heterocycles. The minimum atomic E-state index is -0.361. The van der Waals surface area contributed by atoms with Crippen LogP contribution in [-0.2, 0) is 9.47 Å². The topological polar surface area (TPSA) is 88.6 Å². The summed E-state index contributed by atoms with van der Waals surface area (Å²) in [6.45, 7) is 9.17. The molecule has 0 radical (unpaired) electrons. The first-order valence-electron chi connectivity index (χ1n) is 9.58. The van der Waals surface area contributed by atoms with Gasteiger partial charge in [-0.05, 0) is 26.0 Å². The zero-order valence-electron chi connectivity index (χ0n) is 16.4. The molecule has 2 aromatic rings. The molecule has 8 nitrogen and oxygen atoms in total. The fourth-order valence-electron chi connectivity index (χ4n) is 2.98. The molecular formula is C20H27N5O3. The lowest BCUT2D eigenvalue weighted by Gasteiger charge is -2.26. The third-order valence-corrected chi connectivity index (χ3v) is 4.35. The van der Waals surface area contributed by atoms with Gasteiger partial charge in [-0.2, -0.15) is 4.98 Å². The van der Waals surface area contributed by atoms with Gasteiger partial charge in [-0.15, -0.1) is 0 Å². The van der Waals surface area contributed by atoms with Gasteiger partial charge in [0.25, 0.3) is 0 Å². The Balaban J connectivity index is 1.65. The monoisotopic (exact) mass is 385 g/mol. The fraction of sp³-hybridized carbons (Fsp3) is 0.450. The molecule has 2 heterocycles. The van der Waals surface area contributed by atoms with E-state index in [1.165, 1.54) is 0 Å². The summed E-state index contributed by atoms with van der Waals surface area (Å²) in [6.07, 6.45) is 0. The van der Waals surface area contributed by atoms with E-state index in [0.717, 1.165) is 45.1 Å². The Labute approximate surface area is 165 Å². The number of nitrogens with zero attached hydrogens (tertiary/aromatic N) is 3. The van der Waals surface area contributed by atoms with Gasteiger partial charge < -0.3 is 20.1 Å². The minimum Gasteiger partial charge on any atom is -0.462 e. The highest BCUT2D eigenvalue weighted by molar-refractivity contribution is 5.96. The van der Waals surface area contributed by atoms with Gasteiger partial charge in [0.15, 0.2) is 0 Å². The van der Waals surface area contributed by atoms with E-state index in [0.29, 0.717) is 29.6 Å².